The molecular formula is C13H17ClN2O2. The number of carboxylic acid groups (broad SMARTS) is 1. The zero-order valence-corrected chi connectivity index (χ0v) is 10.8. The normalized spacial score (nSPS) is 22.0. The number of benzene rings is 1. The molecule has 1 aromatic rings. The smallest absolute Gasteiger partial charge is 0.307 e. The van der Waals surface area contributed by atoms with Crippen molar-refractivity contribution in [1.82, 2.24) is 4.90 Å². The van der Waals surface area contributed by atoms with Crippen LogP contribution >= 0.6 is 11.6 Å². The number of likely N-dealkylation sites (tertiary alicyclic amines) is 1. The van der Waals surface area contributed by atoms with E-state index in [9.17, 15) is 4.79 Å². The van der Waals surface area contributed by atoms with Crippen molar-refractivity contribution in [1.29, 1.82) is 0 Å². The second kappa shape index (κ2) is 5.69. The monoisotopic (exact) mass is 268 g/mol. The molecule has 1 aromatic carbocycles. The highest BCUT2D eigenvalue weighted by Crippen LogP contribution is 2.31. The van der Waals surface area contributed by atoms with Gasteiger partial charge in [-0.2, -0.15) is 0 Å². The van der Waals surface area contributed by atoms with E-state index in [1.165, 1.54) is 0 Å². The SMILES string of the molecule is NC[C@@H](c1ccccc1Cl)N1CC[C@H](C(=O)O)C1. The van der Waals surface area contributed by atoms with Gasteiger partial charge in [0.15, 0.2) is 0 Å². The fourth-order valence-electron chi connectivity index (χ4n) is 2.49. The van der Waals surface area contributed by atoms with E-state index in [0.29, 0.717) is 24.5 Å². The predicted octanol–water partition coefficient (Wildman–Crippen LogP) is 1.75. The summed E-state index contributed by atoms with van der Waals surface area (Å²) in [5, 5.41) is 9.71. The van der Waals surface area contributed by atoms with Gasteiger partial charge < -0.3 is 10.8 Å². The van der Waals surface area contributed by atoms with E-state index in [0.717, 1.165) is 12.1 Å². The topological polar surface area (TPSA) is 66.6 Å². The van der Waals surface area contributed by atoms with Gasteiger partial charge in [0, 0.05) is 24.2 Å². The van der Waals surface area contributed by atoms with Crippen LogP contribution in [0.5, 0.6) is 0 Å². The third-order valence-corrected chi connectivity index (χ3v) is 3.84. The molecule has 5 heteroatoms. The maximum absolute atomic E-state index is 11.0. The lowest BCUT2D eigenvalue weighted by Gasteiger charge is -2.27. The molecule has 0 radical (unpaired) electrons. The van der Waals surface area contributed by atoms with Gasteiger partial charge in [-0.1, -0.05) is 29.8 Å². The predicted molar refractivity (Wildman–Crippen MR) is 70.6 cm³/mol. The van der Waals surface area contributed by atoms with E-state index >= 15 is 0 Å². The zero-order valence-electron chi connectivity index (χ0n) is 10.1. The Kier molecular flexibility index (Phi) is 4.22. The van der Waals surface area contributed by atoms with Crippen LogP contribution in [0.2, 0.25) is 5.02 Å². The van der Waals surface area contributed by atoms with E-state index in [1.807, 2.05) is 24.3 Å². The molecule has 0 saturated carbocycles. The molecule has 1 saturated heterocycles. The van der Waals surface area contributed by atoms with Crippen molar-refractivity contribution in [3.05, 3.63) is 34.9 Å². The maximum Gasteiger partial charge on any atom is 0.307 e. The largest absolute Gasteiger partial charge is 0.481 e. The van der Waals surface area contributed by atoms with Crippen molar-refractivity contribution in [2.24, 2.45) is 11.7 Å². The summed E-state index contributed by atoms with van der Waals surface area (Å²) in [6.07, 6.45) is 0.677. The molecule has 0 spiro atoms. The van der Waals surface area contributed by atoms with E-state index in [2.05, 4.69) is 4.90 Å². The van der Waals surface area contributed by atoms with Gasteiger partial charge in [-0.15, -0.1) is 0 Å². The van der Waals surface area contributed by atoms with E-state index < -0.39 is 5.97 Å². The number of hydrogen-bond donors (Lipinski definition) is 2. The molecule has 0 aliphatic carbocycles. The van der Waals surface area contributed by atoms with Crippen LogP contribution in [0.4, 0.5) is 0 Å². The molecule has 0 aromatic heterocycles. The lowest BCUT2D eigenvalue weighted by atomic mass is 10.1. The maximum atomic E-state index is 11.0. The van der Waals surface area contributed by atoms with Crippen molar-refractivity contribution in [3.63, 3.8) is 0 Å². The summed E-state index contributed by atoms with van der Waals surface area (Å²) in [6, 6.07) is 7.60. The quantitative estimate of drug-likeness (QED) is 0.873. The van der Waals surface area contributed by atoms with Gasteiger partial charge in [-0.3, -0.25) is 9.69 Å². The summed E-state index contributed by atoms with van der Waals surface area (Å²) >= 11 is 6.18. The average Bonchev–Trinajstić information content (AvgIpc) is 2.82. The van der Waals surface area contributed by atoms with E-state index in [-0.39, 0.29) is 12.0 Å². The number of rotatable bonds is 4. The molecule has 4 nitrogen and oxygen atoms in total. The highest BCUT2D eigenvalue weighted by molar-refractivity contribution is 6.31. The van der Waals surface area contributed by atoms with Gasteiger partial charge in [0.1, 0.15) is 0 Å². The Morgan fingerprint density at radius 2 is 2.28 bits per heavy atom. The number of nitrogens with zero attached hydrogens (tertiary/aromatic N) is 1. The number of carbonyl (C=O) groups is 1. The van der Waals surface area contributed by atoms with Crippen molar-refractivity contribution in [3.8, 4) is 0 Å². The molecule has 18 heavy (non-hydrogen) atoms. The number of carboxylic acids is 1. The second-order valence-electron chi connectivity index (χ2n) is 4.59. The molecule has 1 aliphatic heterocycles. The Balaban J connectivity index is 2.16. The molecule has 0 bridgehead atoms. The summed E-state index contributed by atoms with van der Waals surface area (Å²) in [5.41, 5.74) is 6.81. The Bertz CT molecular complexity index is 439. The van der Waals surface area contributed by atoms with Gasteiger partial charge in [0.05, 0.1) is 5.92 Å². The average molecular weight is 269 g/mol. The summed E-state index contributed by atoms with van der Waals surface area (Å²) < 4.78 is 0. The summed E-state index contributed by atoms with van der Waals surface area (Å²) in [7, 11) is 0. The second-order valence-corrected chi connectivity index (χ2v) is 5.00. The van der Waals surface area contributed by atoms with Crippen LogP contribution in [-0.4, -0.2) is 35.6 Å². The lowest BCUT2D eigenvalue weighted by Crippen LogP contribution is -2.33. The highest BCUT2D eigenvalue weighted by atomic mass is 35.5. The van der Waals surface area contributed by atoms with Crippen molar-refractivity contribution < 1.29 is 9.90 Å². The number of hydrogen-bond acceptors (Lipinski definition) is 3. The van der Waals surface area contributed by atoms with Crippen molar-refractivity contribution in [2.75, 3.05) is 19.6 Å². The first-order chi connectivity index (χ1) is 8.63. The standard InChI is InChI=1S/C13H17ClN2O2/c14-11-4-2-1-3-10(11)12(7-15)16-6-5-9(8-16)13(17)18/h1-4,9,12H,5-8,15H2,(H,17,18)/t9-,12-/m0/s1. The molecule has 2 atom stereocenters. The molecule has 3 N–H and O–H groups in total. The number of halogens is 1. The molecule has 1 aliphatic rings. The molecule has 0 unspecified atom stereocenters. The fourth-order valence-corrected chi connectivity index (χ4v) is 2.75. The first kappa shape index (κ1) is 13.3. The fraction of sp³-hybridized carbons (Fsp3) is 0.462. The summed E-state index contributed by atoms with van der Waals surface area (Å²) in [4.78, 5) is 13.1. The Morgan fingerprint density at radius 3 is 2.83 bits per heavy atom. The van der Waals surface area contributed by atoms with Crippen LogP contribution in [0.15, 0.2) is 24.3 Å². The van der Waals surface area contributed by atoms with Crippen LogP contribution in [0.25, 0.3) is 0 Å². The molecular weight excluding hydrogens is 252 g/mol. The van der Waals surface area contributed by atoms with Crippen LogP contribution in [0.3, 0.4) is 0 Å². The lowest BCUT2D eigenvalue weighted by molar-refractivity contribution is -0.141. The van der Waals surface area contributed by atoms with Gasteiger partial charge in [-0.25, -0.2) is 0 Å². The van der Waals surface area contributed by atoms with Crippen molar-refractivity contribution >= 4 is 17.6 Å². The summed E-state index contributed by atoms with van der Waals surface area (Å²) in [5.74, 6) is -1.02. The molecule has 98 valence electrons. The first-order valence-corrected chi connectivity index (χ1v) is 6.42. The molecule has 0 amide bonds. The number of aliphatic carboxylic acids is 1. The van der Waals surface area contributed by atoms with E-state index in [4.69, 9.17) is 22.4 Å². The van der Waals surface area contributed by atoms with Gasteiger partial charge in [0.25, 0.3) is 0 Å². The number of nitrogens with two attached hydrogens (primary N) is 1. The van der Waals surface area contributed by atoms with Crippen LogP contribution < -0.4 is 5.73 Å². The van der Waals surface area contributed by atoms with Crippen LogP contribution in [0.1, 0.15) is 18.0 Å². The Morgan fingerprint density at radius 1 is 1.56 bits per heavy atom. The zero-order chi connectivity index (χ0) is 13.1. The Labute approximate surface area is 111 Å². The Hall–Kier alpha value is -1.10. The van der Waals surface area contributed by atoms with Crippen molar-refractivity contribution in [2.45, 2.75) is 12.5 Å². The minimum absolute atomic E-state index is 0.00282. The van der Waals surface area contributed by atoms with Gasteiger partial charge in [-0.05, 0) is 24.6 Å². The van der Waals surface area contributed by atoms with Crippen LogP contribution in [-0.2, 0) is 4.79 Å². The molecule has 1 fully saturated rings. The third-order valence-electron chi connectivity index (χ3n) is 3.50. The minimum Gasteiger partial charge on any atom is -0.481 e. The van der Waals surface area contributed by atoms with E-state index in [1.54, 1.807) is 0 Å². The highest BCUT2D eigenvalue weighted by Gasteiger charge is 2.32. The summed E-state index contributed by atoms with van der Waals surface area (Å²) in [6.45, 7) is 1.74. The molecule has 1 heterocycles. The minimum atomic E-state index is -0.729. The van der Waals surface area contributed by atoms with Gasteiger partial charge >= 0.3 is 5.97 Å². The van der Waals surface area contributed by atoms with Crippen LogP contribution in [0, 0.1) is 5.92 Å². The molecule has 2 rings (SSSR count). The first-order valence-electron chi connectivity index (χ1n) is 6.05. The third kappa shape index (κ3) is 2.66. The van der Waals surface area contributed by atoms with Gasteiger partial charge in [0.2, 0.25) is 0 Å².